The van der Waals surface area contributed by atoms with E-state index in [1.807, 2.05) is 0 Å². The summed E-state index contributed by atoms with van der Waals surface area (Å²) in [5, 5.41) is 3.07. The van der Waals surface area contributed by atoms with E-state index in [0.717, 1.165) is 19.6 Å². The Bertz CT molecular complexity index is 373. The molecule has 1 aromatic rings. The van der Waals surface area contributed by atoms with Crippen molar-refractivity contribution in [2.45, 2.75) is 13.8 Å². The molecule has 1 rings (SSSR count). The van der Waals surface area contributed by atoms with Crippen molar-refractivity contribution in [2.24, 2.45) is 10.7 Å². The Morgan fingerprint density at radius 3 is 2.71 bits per heavy atom. The monoisotopic (exact) mass is 234 g/mol. The summed E-state index contributed by atoms with van der Waals surface area (Å²) in [6.07, 6.45) is 0. The van der Waals surface area contributed by atoms with Gasteiger partial charge in [0.1, 0.15) is 0 Å². The van der Waals surface area contributed by atoms with Crippen LogP contribution < -0.4 is 16.0 Å². The number of benzene rings is 1. The Labute approximate surface area is 104 Å². The number of para-hydroxylation sites is 1. The first-order valence-electron chi connectivity index (χ1n) is 5.95. The van der Waals surface area contributed by atoms with Gasteiger partial charge in [-0.15, -0.1) is 0 Å². The van der Waals surface area contributed by atoms with Gasteiger partial charge in [-0.05, 0) is 25.5 Å². The van der Waals surface area contributed by atoms with Gasteiger partial charge in [0, 0.05) is 32.4 Å². The van der Waals surface area contributed by atoms with Gasteiger partial charge in [-0.3, -0.25) is 4.99 Å². The maximum atomic E-state index is 5.59. The first-order valence-corrected chi connectivity index (χ1v) is 5.95. The van der Waals surface area contributed by atoms with Crippen LogP contribution in [0.2, 0.25) is 0 Å². The number of hydrogen-bond donors (Lipinski definition) is 2. The number of aliphatic imine (C=N–C) groups is 1. The van der Waals surface area contributed by atoms with Crippen LogP contribution in [0.4, 0.5) is 5.69 Å². The molecular weight excluding hydrogens is 212 g/mol. The van der Waals surface area contributed by atoms with E-state index >= 15 is 0 Å². The summed E-state index contributed by atoms with van der Waals surface area (Å²) in [5.74, 6) is 0.492. The largest absolute Gasteiger partial charge is 0.370 e. The molecule has 0 heterocycles. The lowest BCUT2D eigenvalue weighted by Crippen LogP contribution is -2.38. The molecule has 0 saturated carbocycles. The highest BCUT2D eigenvalue weighted by Gasteiger charge is 2.05. The van der Waals surface area contributed by atoms with Crippen molar-refractivity contribution in [3.05, 3.63) is 29.8 Å². The fourth-order valence-electron chi connectivity index (χ4n) is 1.77. The van der Waals surface area contributed by atoms with Crippen molar-refractivity contribution >= 4 is 11.6 Å². The molecule has 0 amide bonds. The predicted molar refractivity (Wildman–Crippen MR) is 74.6 cm³/mol. The molecule has 1 aromatic carbocycles. The molecular formula is C13H22N4. The zero-order valence-corrected chi connectivity index (χ0v) is 10.9. The molecule has 17 heavy (non-hydrogen) atoms. The highest BCUT2D eigenvalue weighted by atomic mass is 15.2. The van der Waals surface area contributed by atoms with Crippen molar-refractivity contribution in [1.82, 2.24) is 5.32 Å². The standard InChI is InChI=1S/C13H22N4/c1-4-17(10-9-16-13(14)15-3)12-8-6-5-7-11(12)2/h5-8H,4,9-10H2,1-3H3,(H3,14,15,16). The molecule has 4 nitrogen and oxygen atoms in total. The van der Waals surface area contributed by atoms with Gasteiger partial charge >= 0.3 is 0 Å². The van der Waals surface area contributed by atoms with Gasteiger partial charge in [-0.25, -0.2) is 0 Å². The van der Waals surface area contributed by atoms with Crippen LogP contribution in [0.1, 0.15) is 12.5 Å². The predicted octanol–water partition coefficient (Wildman–Crippen LogP) is 1.36. The van der Waals surface area contributed by atoms with Crippen LogP contribution in [-0.4, -0.2) is 32.6 Å². The number of rotatable bonds is 5. The zero-order chi connectivity index (χ0) is 12.7. The third-order valence-electron chi connectivity index (χ3n) is 2.77. The topological polar surface area (TPSA) is 53.6 Å². The highest BCUT2D eigenvalue weighted by molar-refractivity contribution is 5.77. The lowest BCUT2D eigenvalue weighted by atomic mass is 10.2. The Morgan fingerprint density at radius 1 is 1.41 bits per heavy atom. The van der Waals surface area contributed by atoms with Crippen LogP contribution >= 0.6 is 0 Å². The minimum atomic E-state index is 0.492. The van der Waals surface area contributed by atoms with Gasteiger partial charge in [-0.1, -0.05) is 18.2 Å². The van der Waals surface area contributed by atoms with Crippen LogP contribution in [0.3, 0.4) is 0 Å². The van der Waals surface area contributed by atoms with E-state index in [-0.39, 0.29) is 0 Å². The van der Waals surface area contributed by atoms with Gasteiger partial charge < -0.3 is 16.0 Å². The summed E-state index contributed by atoms with van der Waals surface area (Å²) < 4.78 is 0. The maximum Gasteiger partial charge on any atom is 0.188 e. The summed E-state index contributed by atoms with van der Waals surface area (Å²) in [7, 11) is 1.68. The Balaban J connectivity index is 2.58. The van der Waals surface area contributed by atoms with E-state index in [1.165, 1.54) is 11.3 Å². The summed E-state index contributed by atoms with van der Waals surface area (Å²) in [6.45, 7) is 6.98. The number of nitrogens with zero attached hydrogens (tertiary/aromatic N) is 2. The van der Waals surface area contributed by atoms with Crippen LogP contribution in [0.25, 0.3) is 0 Å². The number of nitrogens with two attached hydrogens (primary N) is 1. The fraction of sp³-hybridized carbons (Fsp3) is 0.462. The van der Waals surface area contributed by atoms with Crippen molar-refractivity contribution in [3.63, 3.8) is 0 Å². The van der Waals surface area contributed by atoms with Gasteiger partial charge in [-0.2, -0.15) is 0 Å². The van der Waals surface area contributed by atoms with E-state index in [2.05, 4.69) is 53.3 Å². The van der Waals surface area contributed by atoms with E-state index in [1.54, 1.807) is 7.05 Å². The lowest BCUT2D eigenvalue weighted by molar-refractivity contribution is 0.770. The normalized spacial score (nSPS) is 11.4. The summed E-state index contributed by atoms with van der Waals surface area (Å²) in [4.78, 5) is 6.19. The second-order valence-electron chi connectivity index (χ2n) is 3.90. The first-order chi connectivity index (χ1) is 8.19. The molecule has 0 saturated heterocycles. The fourth-order valence-corrected chi connectivity index (χ4v) is 1.77. The molecule has 0 unspecified atom stereocenters. The Hall–Kier alpha value is -1.71. The molecule has 0 spiro atoms. The average Bonchev–Trinajstić information content (AvgIpc) is 2.35. The smallest absolute Gasteiger partial charge is 0.188 e. The molecule has 0 aliphatic heterocycles. The molecule has 0 aromatic heterocycles. The molecule has 0 aliphatic rings. The number of likely N-dealkylation sites (N-methyl/N-ethyl adjacent to an activating group) is 1. The SMILES string of the molecule is CCN(CCNC(N)=NC)c1ccccc1C. The molecule has 0 atom stereocenters. The number of nitrogens with one attached hydrogen (secondary N) is 1. The molecule has 0 radical (unpaired) electrons. The van der Waals surface area contributed by atoms with Gasteiger partial charge in [0.25, 0.3) is 0 Å². The molecule has 3 N–H and O–H groups in total. The van der Waals surface area contributed by atoms with Crippen LogP contribution in [0.15, 0.2) is 29.3 Å². The third-order valence-corrected chi connectivity index (χ3v) is 2.77. The Kier molecular flexibility index (Phi) is 5.33. The number of hydrogen-bond acceptors (Lipinski definition) is 2. The van der Waals surface area contributed by atoms with Gasteiger partial charge in [0.15, 0.2) is 5.96 Å². The molecule has 0 fully saturated rings. The van der Waals surface area contributed by atoms with Crippen molar-refractivity contribution < 1.29 is 0 Å². The third kappa shape index (κ3) is 3.98. The minimum absolute atomic E-state index is 0.492. The van der Waals surface area contributed by atoms with Gasteiger partial charge in [0.2, 0.25) is 0 Å². The molecule has 94 valence electrons. The quantitative estimate of drug-likeness (QED) is 0.597. The first kappa shape index (κ1) is 13.4. The van der Waals surface area contributed by atoms with Crippen molar-refractivity contribution in [3.8, 4) is 0 Å². The molecule has 4 heteroatoms. The summed E-state index contributed by atoms with van der Waals surface area (Å²) >= 11 is 0. The van der Waals surface area contributed by atoms with Crippen LogP contribution in [0.5, 0.6) is 0 Å². The van der Waals surface area contributed by atoms with Gasteiger partial charge in [0.05, 0.1) is 0 Å². The van der Waals surface area contributed by atoms with E-state index in [0.29, 0.717) is 5.96 Å². The lowest BCUT2D eigenvalue weighted by Gasteiger charge is -2.25. The highest BCUT2D eigenvalue weighted by Crippen LogP contribution is 2.18. The summed E-state index contributed by atoms with van der Waals surface area (Å²) in [6, 6.07) is 8.41. The van der Waals surface area contributed by atoms with Crippen LogP contribution in [-0.2, 0) is 0 Å². The van der Waals surface area contributed by atoms with Crippen molar-refractivity contribution in [2.75, 3.05) is 31.6 Å². The van der Waals surface area contributed by atoms with E-state index < -0.39 is 0 Å². The number of guanidine groups is 1. The van der Waals surface area contributed by atoms with Crippen LogP contribution in [0, 0.1) is 6.92 Å². The van der Waals surface area contributed by atoms with Crippen molar-refractivity contribution in [1.29, 1.82) is 0 Å². The zero-order valence-electron chi connectivity index (χ0n) is 10.9. The average molecular weight is 234 g/mol. The maximum absolute atomic E-state index is 5.59. The minimum Gasteiger partial charge on any atom is -0.370 e. The molecule has 0 aliphatic carbocycles. The number of anilines is 1. The second kappa shape index (κ2) is 6.78. The Morgan fingerprint density at radius 2 is 2.12 bits per heavy atom. The second-order valence-corrected chi connectivity index (χ2v) is 3.90. The van der Waals surface area contributed by atoms with E-state index in [9.17, 15) is 0 Å². The summed E-state index contributed by atoms with van der Waals surface area (Å²) in [5.41, 5.74) is 8.17. The molecule has 0 bridgehead atoms. The van der Waals surface area contributed by atoms with E-state index in [4.69, 9.17) is 5.73 Å². The number of aryl methyl sites for hydroxylation is 1.